The molecule has 0 aromatic heterocycles. The smallest absolute Gasteiger partial charge is 0.306 e. The van der Waals surface area contributed by atoms with Gasteiger partial charge in [0, 0.05) is 24.7 Å². The first-order chi connectivity index (χ1) is 10.6. The van der Waals surface area contributed by atoms with Gasteiger partial charge < -0.3 is 14.2 Å². The fourth-order valence-electron chi connectivity index (χ4n) is 3.63. The molecule has 0 aromatic carbocycles. The van der Waals surface area contributed by atoms with E-state index in [1.165, 1.54) is 7.11 Å². The summed E-state index contributed by atoms with van der Waals surface area (Å²) in [5, 5.41) is 0. The van der Waals surface area contributed by atoms with E-state index in [0.29, 0.717) is 13.2 Å². The molecule has 6 nitrogen and oxygen atoms in total. The molecule has 0 saturated carbocycles. The first kappa shape index (κ1) is 19.9. The second kappa shape index (κ2) is 8.11. The zero-order valence-corrected chi connectivity index (χ0v) is 15.3. The van der Waals surface area contributed by atoms with Crippen LogP contribution in [0.1, 0.15) is 53.4 Å². The van der Waals surface area contributed by atoms with Crippen LogP contribution in [0.5, 0.6) is 0 Å². The first-order valence-electron chi connectivity index (χ1n) is 8.15. The molecule has 1 aliphatic rings. The Morgan fingerprint density at radius 1 is 1.00 bits per heavy atom. The van der Waals surface area contributed by atoms with Crippen LogP contribution < -0.4 is 0 Å². The molecule has 23 heavy (non-hydrogen) atoms. The largest absolute Gasteiger partial charge is 0.469 e. The molecule has 1 saturated heterocycles. The highest BCUT2D eigenvalue weighted by Crippen LogP contribution is 2.39. The SMILES string of the molecule is COC(=O)CCC(=O)OCCN1C(C)(C)CC(OC)CC1(C)C. The second-order valence-electron chi connectivity index (χ2n) is 7.34. The Bertz CT molecular complexity index is 401. The standard InChI is InChI=1S/C17H31NO5/c1-16(2)11-13(21-5)12-17(3,4)18(16)9-10-23-15(20)8-7-14(19)22-6/h13H,7-12H2,1-6H3. The van der Waals surface area contributed by atoms with Crippen molar-refractivity contribution in [3.05, 3.63) is 0 Å². The van der Waals surface area contributed by atoms with Gasteiger partial charge in [-0.3, -0.25) is 14.5 Å². The second-order valence-corrected chi connectivity index (χ2v) is 7.34. The van der Waals surface area contributed by atoms with E-state index in [2.05, 4.69) is 37.3 Å². The predicted molar refractivity (Wildman–Crippen MR) is 87.1 cm³/mol. The van der Waals surface area contributed by atoms with Crippen molar-refractivity contribution in [2.45, 2.75) is 70.6 Å². The average molecular weight is 329 g/mol. The Labute approximate surface area is 139 Å². The molecule has 1 heterocycles. The van der Waals surface area contributed by atoms with Gasteiger partial charge in [-0.15, -0.1) is 0 Å². The van der Waals surface area contributed by atoms with Gasteiger partial charge in [-0.2, -0.15) is 0 Å². The van der Waals surface area contributed by atoms with Crippen LogP contribution in [0, 0.1) is 0 Å². The summed E-state index contributed by atoms with van der Waals surface area (Å²) in [6.07, 6.45) is 2.27. The molecule has 1 fully saturated rings. The van der Waals surface area contributed by atoms with Crippen molar-refractivity contribution in [3.63, 3.8) is 0 Å². The summed E-state index contributed by atoms with van der Waals surface area (Å²) in [6, 6.07) is 0. The Balaban J connectivity index is 2.49. The van der Waals surface area contributed by atoms with E-state index in [-0.39, 0.29) is 36.0 Å². The minimum absolute atomic E-state index is 0.0269. The summed E-state index contributed by atoms with van der Waals surface area (Å²) in [5.74, 6) is -0.761. The van der Waals surface area contributed by atoms with Gasteiger partial charge in [0.25, 0.3) is 0 Å². The lowest BCUT2D eigenvalue weighted by Crippen LogP contribution is -2.62. The average Bonchev–Trinajstić information content (AvgIpc) is 2.46. The molecule has 0 bridgehead atoms. The van der Waals surface area contributed by atoms with Gasteiger partial charge in [-0.25, -0.2) is 0 Å². The highest BCUT2D eigenvalue weighted by molar-refractivity contribution is 5.77. The quantitative estimate of drug-likeness (QED) is 0.667. The van der Waals surface area contributed by atoms with Crippen LogP contribution >= 0.6 is 0 Å². The third-order valence-corrected chi connectivity index (χ3v) is 4.59. The molecule has 0 spiro atoms. The van der Waals surface area contributed by atoms with E-state index in [0.717, 1.165) is 12.8 Å². The minimum Gasteiger partial charge on any atom is -0.469 e. The van der Waals surface area contributed by atoms with E-state index < -0.39 is 5.97 Å². The molecule has 0 N–H and O–H groups in total. The molecule has 134 valence electrons. The van der Waals surface area contributed by atoms with Gasteiger partial charge in [0.05, 0.1) is 26.1 Å². The van der Waals surface area contributed by atoms with Crippen molar-refractivity contribution in [1.29, 1.82) is 0 Å². The Kier molecular flexibility index (Phi) is 7.02. The summed E-state index contributed by atoms with van der Waals surface area (Å²) < 4.78 is 15.3. The number of likely N-dealkylation sites (tertiary alicyclic amines) is 1. The molecule has 0 radical (unpaired) electrons. The summed E-state index contributed by atoms with van der Waals surface area (Å²) >= 11 is 0. The van der Waals surface area contributed by atoms with Gasteiger partial charge >= 0.3 is 11.9 Å². The molecule has 0 aliphatic carbocycles. The zero-order valence-electron chi connectivity index (χ0n) is 15.3. The van der Waals surface area contributed by atoms with Crippen molar-refractivity contribution >= 4 is 11.9 Å². The van der Waals surface area contributed by atoms with Crippen LogP contribution in [0.4, 0.5) is 0 Å². The molecule has 1 aliphatic heterocycles. The zero-order chi connectivity index (χ0) is 17.7. The molecule has 0 unspecified atom stereocenters. The number of carbonyl (C=O) groups is 2. The van der Waals surface area contributed by atoms with Crippen LogP contribution in [0.25, 0.3) is 0 Å². The first-order valence-corrected chi connectivity index (χ1v) is 8.15. The van der Waals surface area contributed by atoms with Gasteiger partial charge in [0.15, 0.2) is 0 Å². The van der Waals surface area contributed by atoms with Crippen molar-refractivity contribution in [1.82, 2.24) is 4.90 Å². The molecular formula is C17H31NO5. The Morgan fingerprint density at radius 2 is 1.52 bits per heavy atom. The molecule has 0 atom stereocenters. The minimum atomic E-state index is -0.397. The van der Waals surface area contributed by atoms with E-state index in [9.17, 15) is 9.59 Å². The van der Waals surface area contributed by atoms with E-state index in [1.54, 1.807) is 7.11 Å². The van der Waals surface area contributed by atoms with Crippen LogP contribution in [-0.4, -0.2) is 61.4 Å². The number of rotatable bonds is 7. The van der Waals surface area contributed by atoms with Crippen LogP contribution in [0.3, 0.4) is 0 Å². The van der Waals surface area contributed by atoms with Gasteiger partial charge in [0.2, 0.25) is 0 Å². The fourth-order valence-corrected chi connectivity index (χ4v) is 3.63. The van der Waals surface area contributed by atoms with Gasteiger partial charge in [-0.1, -0.05) is 0 Å². The van der Waals surface area contributed by atoms with Crippen molar-refractivity contribution < 1.29 is 23.8 Å². The summed E-state index contributed by atoms with van der Waals surface area (Å²) in [5.41, 5.74) is -0.0539. The highest BCUT2D eigenvalue weighted by atomic mass is 16.5. The molecule has 6 heteroatoms. The van der Waals surface area contributed by atoms with Crippen molar-refractivity contribution in [3.8, 4) is 0 Å². The maximum atomic E-state index is 11.7. The number of ether oxygens (including phenoxy) is 3. The predicted octanol–water partition coefficient (Wildman–Crippen LogP) is 2.15. The maximum Gasteiger partial charge on any atom is 0.306 e. The van der Waals surface area contributed by atoms with E-state index >= 15 is 0 Å². The van der Waals surface area contributed by atoms with Crippen LogP contribution in [0.2, 0.25) is 0 Å². The van der Waals surface area contributed by atoms with E-state index in [1.807, 2.05) is 0 Å². The van der Waals surface area contributed by atoms with Crippen molar-refractivity contribution in [2.75, 3.05) is 27.4 Å². The number of nitrogens with zero attached hydrogens (tertiary/aromatic N) is 1. The molecule has 0 aromatic rings. The Hall–Kier alpha value is -1.14. The maximum absolute atomic E-state index is 11.7. The summed E-state index contributed by atoms with van der Waals surface area (Å²) in [4.78, 5) is 25.1. The van der Waals surface area contributed by atoms with E-state index in [4.69, 9.17) is 9.47 Å². The number of methoxy groups -OCH3 is 2. The van der Waals surface area contributed by atoms with Gasteiger partial charge in [0.1, 0.15) is 6.61 Å². The number of esters is 2. The summed E-state index contributed by atoms with van der Waals surface area (Å²) in [6.45, 7) is 9.76. The number of piperidine rings is 1. The lowest BCUT2D eigenvalue weighted by molar-refractivity contribution is -0.151. The molecule has 0 amide bonds. The number of hydrogen-bond donors (Lipinski definition) is 0. The van der Waals surface area contributed by atoms with Gasteiger partial charge in [-0.05, 0) is 40.5 Å². The Morgan fingerprint density at radius 3 is 2.00 bits per heavy atom. The normalized spacial score (nSPS) is 21.0. The van der Waals surface area contributed by atoms with Crippen LogP contribution in [0.15, 0.2) is 0 Å². The monoisotopic (exact) mass is 329 g/mol. The third kappa shape index (κ3) is 5.77. The molecule has 1 rings (SSSR count). The van der Waals surface area contributed by atoms with Crippen molar-refractivity contribution in [2.24, 2.45) is 0 Å². The topological polar surface area (TPSA) is 65.1 Å². The fraction of sp³-hybridized carbons (Fsp3) is 0.882. The number of carbonyl (C=O) groups excluding carboxylic acids is 2. The lowest BCUT2D eigenvalue weighted by atomic mass is 9.78. The molecular weight excluding hydrogens is 298 g/mol. The lowest BCUT2D eigenvalue weighted by Gasteiger charge is -2.55. The third-order valence-electron chi connectivity index (χ3n) is 4.59. The highest BCUT2D eigenvalue weighted by Gasteiger charge is 2.45. The summed E-state index contributed by atoms with van der Waals surface area (Å²) in [7, 11) is 3.07. The number of hydrogen-bond acceptors (Lipinski definition) is 6. The van der Waals surface area contributed by atoms with Crippen LogP contribution in [-0.2, 0) is 23.8 Å².